The van der Waals surface area contributed by atoms with Gasteiger partial charge < -0.3 is 10.1 Å². The Labute approximate surface area is 121 Å². The lowest BCUT2D eigenvalue weighted by molar-refractivity contribution is 0.168. The third kappa shape index (κ3) is 3.28. The van der Waals surface area contributed by atoms with Crippen molar-refractivity contribution in [3.05, 3.63) is 45.1 Å². The van der Waals surface area contributed by atoms with Crippen LogP contribution in [-0.4, -0.2) is 13.2 Å². The van der Waals surface area contributed by atoms with E-state index in [1.165, 1.54) is 0 Å². The van der Waals surface area contributed by atoms with Crippen LogP contribution in [0, 0.1) is 0 Å². The zero-order valence-corrected chi connectivity index (χ0v) is 12.7. The van der Waals surface area contributed by atoms with Crippen molar-refractivity contribution in [1.29, 1.82) is 0 Å². The number of nitrogens with one attached hydrogen (secondary N) is 1. The number of benzene rings is 1. The maximum Gasteiger partial charge on any atom is 0.113 e. The second kappa shape index (κ2) is 6.60. The first-order chi connectivity index (χ1) is 8.72. The van der Waals surface area contributed by atoms with Crippen molar-refractivity contribution in [3.63, 3.8) is 0 Å². The molecule has 1 unspecified atom stereocenters. The minimum atomic E-state index is 0.0990. The summed E-state index contributed by atoms with van der Waals surface area (Å²) in [5.74, 6) is 1.02. The maximum atomic E-state index is 5.99. The lowest BCUT2D eigenvalue weighted by atomic mass is 10.0. The average Bonchev–Trinajstić information content (AvgIpc) is 2.38. The van der Waals surface area contributed by atoms with E-state index in [1.54, 1.807) is 0 Å². The van der Waals surface area contributed by atoms with E-state index in [9.17, 15) is 0 Å². The molecule has 1 atom stereocenters. The van der Waals surface area contributed by atoms with Crippen LogP contribution in [0.25, 0.3) is 0 Å². The van der Waals surface area contributed by atoms with Gasteiger partial charge in [0.05, 0.1) is 12.6 Å². The van der Waals surface area contributed by atoms with E-state index in [0.717, 1.165) is 46.8 Å². The molecule has 98 valence electrons. The van der Waals surface area contributed by atoms with E-state index in [1.807, 2.05) is 18.2 Å². The minimum absolute atomic E-state index is 0.0990. The Hall–Kier alpha value is -0.510. The van der Waals surface area contributed by atoms with Gasteiger partial charge >= 0.3 is 0 Å². The van der Waals surface area contributed by atoms with Crippen LogP contribution in [0.2, 0.25) is 5.02 Å². The van der Waals surface area contributed by atoms with Gasteiger partial charge in [0, 0.05) is 9.50 Å². The molecule has 0 aliphatic carbocycles. The second-order valence-electron chi connectivity index (χ2n) is 4.25. The molecule has 0 radical (unpaired) electrons. The number of rotatable bonds is 4. The van der Waals surface area contributed by atoms with Gasteiger partial charge in [-0.3, -0.25) is 0 Å². The summed E-state index contributed by atoms with van der Waals surface area (Å²) in [4.78, 5) is 0. The largest absolute Gasteiger partial charge is 0.496 e. The Bertz CT molecular complexity index is 447. The molecule has 0 bridgehead atoms. The molecule has 1 aromatic rings. The molecule has 0 aromatic heterocycles. The first-order valence-corrected chi connectivity index (χ1v) is 7.40. The summed E-state index contributed by atoms with van der Waals surface area (Å²) in [6, 6.07) is 5.97. The molecule has 4 heteroatoms. The number of likely N-dealkylation sites (N-methyl/N-ethyl adjacent to an activating group) is 1. The fraction of sp³-hybridized carbons (Fsp3) is 0.429. The summed E-state index contributed by atoms with van der Waals surface area (Å²) in [6.45, 7) is 3.79. The molecule has 2 rings (SSSR count). The fourth-order valence-electron chi connectivity index (χ4n) is 2.08. The first-order valence-electron chi connectivity index (χ1n) is 6.23. The molecule has 18 heavy (non-hydrogen) atoms. The average molecular weight is 331 g/mol. The van der Waals surface area contributed by atoms with Crippen LogP contribution < -0.4 is 5.32 Å². The zero-order chi connectivity index (χ0) is 13.0. The van der Waals surface area contributed by atoms with Gasteiger partial charge in [-0.2, -0.15) is 0 Å². The quantitative estimate of drug-likeness (QED) is 0.881. The monoisotopic (exact) mass is 329 g/mol. The first kappa shape index (κ1) is 13.9. The standard InChI is InChI=1S/C14H17BrClNO/c1-2-17-14(13-5-3-4-8-18-13)11-7-6-10(16)9-12(11)15/h5-7,9,14,17H,2-4,8H2,1H3. The van der Waals surface area contributed by atoms with E-state index in [-0.39, 0.29) is 6.04 Å². The SMILES string of the molecule is CCNC(C1=CCCCO1)c1ccc(Cl)cc1Br. The molecule has 0 saturated heterocycles. The molecular weight excluding hydrogens is 314 g/mol. The normalized spacial score (nSPS) is 16.9. The highest BCUT2D eigenvalue weighted by molar-refractivity contribution is 9.10. The van der Waals surface area contributed by atoms with Crippen molar-refractivity contribution in [2.24, 2.45) is 0 Å². The molecule has 0 saturated carbocycles. The van der Waals surface area contributed by atoms with Crippen molar-refractivity contribution in [2.45, 2.75) is 25.8 Å². The van der Waals surface area contributed by atoms with Crippen molar-refractivity contribution in [1.82, 2.24) is 5.32 Å². The van der Waals surface area contributed by atoms with E-state index in [0.29, 0.717) is 0 Å². The van der Waals surface area contributed by atoms with Gasteiger partial charge in [-0.25, -0.2) is 0 Å². The molecule has 1 N–H and O–H groups in total. The summed E-state index contributed by atoms with van der Waals surface area (Å²) in [6.07, 6.45) is 4.37. The van der Waals surface area contributed by atoms with Crippen LogP contribution >= 0.6 is 27.5 Å². The topological polar surface area (TPSA) is 21.3 Å². The number of hydrogen-bond donors (Lipinski definition) is 1. The van der Waals surface area contributed by atoms with Crippen LogP contribution in [0.3, 0.4) is 0 Å². The third-order valence-corrected chi connectivity index (χ3v) is 3.85. The van der Waals surface area contributed by atoms with Crippen molar-refractivity contribution in [2.75, 3.05) is 13.2 Å². The number of hydrogen-bond acceptors (Lipinski definition) is 2. The molecule has 1 heterocycles. The molecule has 0 amide bonds. The Morgan fingerprint density at radius 3 is 2.94 bits per heavy atom. The second-order valence-corrected chi connectivity index (χ2v) is 5.54. The predicted octanol–water partition coefficient (Wildman–Crippen LogP) is 4.45. The van der Waals surface area contributed by atoms with Gasteiger partial charge in [0.15, 0.2) is 0 Å². The van der Waals surface area contributed by atoms with E-state index < -0.39 is 0 Å². The smallest absolute Gasteiger partial charge is 0.113 e. The highest BCUT2D eigenvalue weighted by Crippen LogP contribution is 2.32. The van der Waals surface area contributed by atoms with Crippen LogP contribution in [0.1, 0.15) is 31.4 Å². The van der Waals surface area contributed by atoms with Crippen LogP contribution in [0.5, 0.6) is 0 Å². The zero-order valence-electron chi connectivity index (χ0n) is 10.4. The van der Waals surface area contributed by atoms with Gasteiger partial charge in [0.25, 0.3) is 0 Å². The Morgan fingerprint density at radius 1 is 1.50 bits per heavy atom. The van der Waals surface area contributed by atoms with Crippen molar-refractivity contribution >= 4 is 27.5 Å². The predicted molar refractivity (Wildman–Crippen MR) is 78.8 cm³/mol. The van der Waals surface area contributed by atoms with E-state index in [4.69, 9.17) is 16.3 Å². The molecule has 0 spiro atoms. The van der Waals surface area contributed by atoms with Crippen LogP contribution in [-0.2, 0) is 4.74 Å². The molecule has 0 fully saturated rings. The maximum absolute atomic E-state index is 5.99. The summed E-state index contributed by atoms with van der Waals surface area (Å²) in [7, 11) is 0. The summed E-state index contributed by atoms with van der Waals surface area (Å²) in [5.41, 5.74) is 1.16. The lowest BCUT2D eigenvalue weighted by Crippen LogP contribution is -2.25. The van der Waals surface area contributed by atoms with Crippen molar-refractivity contribution in [3.8, 4) is 0 Å². The van der Waals surface area contributed by atoms with E-state index in [2.05, 4.69) is 34.2 Å². The highest BCUT2D eigenvalue weighted by Gasteiger charge is 2.21. The number of halogens is 2. The number of allylic oxidation sites excluding steroid dienone is 1. The Kier molecular flexibility index (Phi) is 5.10. The van der Waals surface area contributed by atoms with Gasteiger partial charge in [-0.15, -0.1) is 0 Å². The van der Waals surface area contributed by atoms with Crippen LogP contribution in [0.4, 0.5) is 0 Å². The fourth-order valence-corrected chi connectivity index (χ4v) is 2.99. The summed E-state index contributed by atoms with van der Waals surface area (Å²) < 4.78 is 6.79. The molecule has 1 aliphatic rings. The number of ether oxygens (including phenoxy) is 1. The lowest BCUT2D eigenvalue weighted by Gasteiger charge is -2.25. The minimum Gasteiger partial charge on any atom is -0.496 e. The molecular formula is C14H17BrClNO. The Balaban J connectivity index is 2.31. The molecule has 1 aliphatic heterocycles. The molecule has 2 nitrogen and oxygen atoms in total. The van der Waals surface area contributed by atoms with Gasteiger partial charge in [0.2, 0.25) is 0 Å². The summed E-state index contributed by atoms with van der Waals surface area (Å²) in [5, 5.41) is 4.20. The van der Waals surface area contributed by atoms with Gasteiger partial charge in [-0.1, -0.05) is 40.5 Å². The summed E-state index contributed by atoms with van der Waals surface area (Å²) >= 11 is 9.57. The third-order valence-electron chi connectivity index (χ3n) is 2.93. The Morgan fingerprint density at radius 2 is 2.33 bits per heavy atom. The van der Waals surface area contributed by atoms with Crippen LogP contribution in [0.15, 0.2) is 34.5 Å². The van der Waals surface area contributed by atoms with Gasteiger partial charge in [0.1, 0.15) is 5.76 Å². The van der Waals surface area contributed by atoms with E-state index >= 15 is 0 Å². The van der Waals surface area contributed by atoms with Crippen molar-refractivity contribution < 1.29 is 4.74 Å². The highest BCUT2D eigenvalue weighted by atomic mass is 79.9. The van der Waals surface area contributed by atoms with Gasteiger partial charge in [-0.05, 0) is 43.2 Å². The molecule has 1 aromatic carbocycles.